The number of benzene rings is 1. The summed E-state index contributed by atoms with van der Waals surface area (Å²) in [7, 11) is 1.52. The lowest BCUT2D eigenvalue weighted by Crippen LogP contribution is -2.49. The van der Waals surface area contributed by atoms with Crippen molar-refractivity contribution in [1.82, 2.24) is 9.80 Å². The van der Waals surface area contributed by atoms with Crippen molar-refractivity contribution in [3.63, 3.8) is 0 Å². The largest absolute Gasteiger partial charge is 0.416 e. The lowest BCUT2D eigenvalue weighted by atomic mass is 10.1. The molecule has 1 unspecified atom stereocenters. The second-order valence-corrected chi connectivity index (χ2v) is 8.16. The zero-order chi connectivity index (χ0) is 21.6. The van der Waals surface area contributed by atoms with Crippen LogP contribution in [-0.4, -0.2) is 68.3 Å². The number of morpholine rings is 1. The molecule has 0 bridgehead atoms. The van der Waals surface area contributed by atoms with Gasteiger partial charge in [-0.25, -0.2) is 0 Å². The summed E-state index contributed by atoms with van der Waals surface area (Å²) in [6, 6.07) is 8.61. The Balaban J connectivity index is 1.68. The third-order valence-corrected chi connectivity index (χ3v) is 5.76. The number of hydrogen-bond donors (Lipinski definition) is 0. The van der Waals surface area contributed by atoms with E-state index in [2.05, 4.69) is 11.0 Å². The predicted molar refractivity (Wildman–Crippen MR) is 109 cm³/mol. The van der Waals surface area contributed by atoms with Crippen LogP contribution in [0.15, 0.2) is 41.8 Å². The predicted octanol–water partition coefficient (Wildman–Crippen LogP) is 3.76. The fourth-order valence-electron chi connectivity index (χ4n) is 3.39. The molecule has 2 aromatic rings. The summed E-state index contributed by atoms with van der Waals surface area (Å²) in [4.78, 5) is 18.0. The lowest BCUT2D eigenvalue weighted by Gasteiger charge is -2.35. The third-order valence-electron chi connectivity index (χ3n) is 4.90. The number of ether oxygens (including phenoxy) is 2. The molecule has 1 atom stereocenters. The maximum absolute atomic E-state index is 13.0. The van der Waals surface area contributed by atoms with Gasteiger partial charge in [0.05, 0.1) is 24.9 Å². The van der Waals surface area contributed by atoms with Gasteiger partial charge in [-0.3, -0.25) is 9.69 Å². The standard InChI is InChI=1S/C21H25F3N2O3S/c1-28-9-8-26(20(27)16-4-2-5-17(12-16)21(22,23)24)14-18-13-25(7-10-29-18)15-19-6-3-11-30-19/h2-6,11-12,18H,7-10,13-15H2,1H3. The summed E-state index contributed by atoms with van der Waals surface area (Å²) in [6.07, 6.45) is -4.71. The topological polar surface area (TPSA) is 42.0 Å². The number of nitrogens with zero attached hydrogens (tertiary/aromatic N) is 2. The van der Waals surface area contributed by atoms with Gasteiger partial charge in [0.2, 0.25) is 0 Å². The Labute approximate surface area is 178 Å². The average Bonchev–Trinajstić information content (AvgIpc) is 3.23. The minimum atomic E-state index is -4.50. The Morgan fingerprint density at radius 1 is 1.33 bits per heavy atom. The van der Waals surface area contributed by atoms with Crippen LogP contribution in [0, 0.1) is 0 Å². The molecule has 1 aliphatic heterocycles. The molecule has 5 nitrogen and oxygen atoms in total. The summed E-state index contributed by atoms with van der Waals surface area (Å²) in [5.74, 6) is -0.461. The molecule has 0 aliphatic carbocycles. The number of carbonyl (C=O) groups is 1. The van der Waals surface area contributed by atoms with E-state index in [9.17, 15) is 18.0 Å². The molecule has 0 N–H and O–H groups in total. The SMILES string of the molecule is COCCN(CC1CN(Cc2cccs2)CCO1)C(=O)c1cccc(C(F)(F)F)c1. The Morgan fingerprint density at radius 2 is 2.17 bits per heavy atom. The van der Waals surface area contributed by atoms with Gasteiger partial charge in [-0.05, 0) is 29.6 Å². The van der Waals surface area contributed by atoms with Crippen LogP contribution in [0.2, 0.25) is 0 Å². The molecule has 2 heterocycles. The van der Waals surface area contributed by atoms with Gasteiger partial charge in [0, 0.05) is 50.3 Å². The van der Waals surface area contributed by atoms with Crippen LogP contribution in [0.3, 0.4) is 0 Å². The lowest BCUT2D eigenvalue weighted by molar-refractivity contribution is -0.137. The molecule has 30 heavy (non-hydrogen) atoms. The van der Waals surface area contributed by atoms with Crippen LogP contribution in [0.25, 0.3) is 0 Å². The molecule has 1 aliphatic rings. The van der Waals surface area contributed by atoms with Crippen molar-refractivity contribution in [2.24, 2.45) is 0 Å². The van der Waals surface area contributed by atoms with Crippen molar-refractivity contribution >= 4 is 17.2 Å². The highest BCUT2D eigenvalue weighted by Gasteiger charge is 2.32. The van der Waals surface area contributed by atoms with Crippen LogP contribution in [0.5, 0.6) is 0 Å². The van der Waals surface area contributed by atoms with E-state index in [4.69, 9.17) is 9.47 Å². The van der Waals surface area contributed by atoms with Crippen molar-refractivity contribution < 1.29 is 27.4 Å². The molecule has 1 saturated heterocycles. The molecular weight excluding hydrogens is 417 g/mol. The highest BCUT2D eigenvalue weighted by Crippen LogP contribution is 2.29. The van der Waals surface area contributed by atoms with Gasteiger partial charge in [-0.1, -0.05) is 12.1 Å². The molecule has 164 valence electrons. The fraction of sp³-hybridized carbons (Fsp3) is 0.476. The van der Waals surface area contributed by atoms with E-state index < -0.39 is 17.6 Å². The Hall–Kier alpha value is -1.94. The zero-order valence-electron chi connectivity index (χ0n) is 16.7. The van der Waals surface area contributed by atoms with Crippen LogP contribution < -0.4 is 0 Å². The van der Waals surface area contributed by atoms with Crippen molar-refractivity contribution in [2.45, 2.75) is 18.8 Å². The first-order valence-electron chi connectivity index (χ1n) is 9.68. The van der Waals surface area contributed by atoms with Crippen molar-refractivity contribution in [2.75, 3.05) is 46.5 Å². The van der Waals surface area contributed by atoms with E-state index in [1.54, 1.807) is 11.3 Å². The molecule has 0 radical (unpaired) electrons. The summed E-state index contributed by atoms with van der Waals surface area (Å²) < 4.78 is 50.1. The smallest absolute Gasteiger partial charge is 0.383 e. The molecular formula is C21H25F3N2O3S. The summed E-state index contributed by atoms with van der Waals surface area (Å²) in [6.45, 7) is 3.67. The number of carbonyl (C=O) groups excluding carboxylic acids is 1. The minimum Gasteiger partial charge on any atom is -0.383 e. The minimum absolute atomic E-state index is 0.00665. The van der Waals surface area contributed by atoms with Crippen molar-refractivity contribution in [1.29, 1.82) is 0 Å². The average molecular weight is 443 g/mol. The molecule has 1 fully saturated rings. The molecule has 0 saturated carbocycles. The molecule has 1 aromatic carbocycles. The van der Waals surface area contributed by atoms with Crippen LogP contribution in [0.4, 0.5) is 13.2 Å². The maximum atomic E-state index is 13.0. The Bertz CT molecular complexity index is 814. The van der Waals surface area contributed by atoms with Gasteiger partial charge < -0.3 is 14.4 Å². The molecule has 3 rings (SSSR count). The van der Waals surface area contributed by atoms with Crippen LogP contribution in [-0.2, 0) is 22.2 Å². The Kier molecular flexibility index (Phi) is 7.87. The van der Waals surface area contributed by atoms with Gasteiger partial charge >= 0.3 is 6.18 Å². The fourth-order valence-corrected chi connectivity index (χ4v) is 4.14. The van der Waals surface area contributed by atoms with E-state index in [-0.39, 0.29) is 24.8 Å². The zero-order valence-corrected chi connectivity index (χ0v) is 17.5. The van der Waals surface area contributed by atoms with Crippen LogP contribution >= 0.6 is 11.3 Å². The van der Waals surface area contributed by atoms with Gasteiger partial charge in [-0.15, -0.1) is 11.3 Å². The van der Waals surface area contributed by atoms with Crippen molar-refractivity contribution in [3.8, 4) is 0 Å². The van der Waals surface area contributed by atoms with E-state index in [0.29, 0.717) is 19.7 Å². The number of alkyl halides is 3. The number of hydrogen-bond acceptors (Lipinski definition) is 5. The number of rotatable bonds is 8. The first kappa shape index (κ1) is 22.7. The van der Waals surface area contributed by atoms with E-state index >= 15 is 0 Å². The summed E-state index contributed by atoms with van der Waals surface area (Å²) in [5.41, 5.74) is -0.830. The second-order valence-electron chi connectivity index (χ2n) is 7.13. The first-order chi connectivity index (χ1) is 14.4. The van der Waals surface area contributed by atoms with E-state index in [0.717, 1.165) is 25.2 Å². The third kappa shape index (κ3) is 6.28. The summed E-state index contributed by atoms with van der Waals surface area (Å²) >= 11 is 1.69. The number of halogens is 3. The first-order valence-corrected chi connectivity index (χ1v) is 10.6. The van der Waals surface area contributed by atoms with Crippen LogP contribution in [0.1, 0.15) is 20.8 Å². The monoisotopic (exact) mass is 442 g/mol. The van der Waals surface area contributed by atoms with Gasteiger partial charge in [0.1, 0.15) is 0 Å². The van der Waals surface area contributed by atoms with Gasteiger partial charge in [0.15, 0.2) is 0 Å². The van der Waals surface area contributed by atoms with Gasteiger partial charge in [-0.2, -0.15) is 13.2 Å². The Morgan fingerprint density at radius 3 is 2.87 bits per heavy atom. The maximum Gasteiger partial charge on any atom is 0.416 e. The highest BCUT2D eigenvalue weighted by atomic mass is 32.1. The quantitative estimate of drug-likeness (QED) is 0.625. The number of thiophene rings is 1. The molecule has 1 amide bonds. The number of methoxy groups -OCH3 is 1. The molecule has 9 heteroatoms. The number of amides is 1. The molecule has 0 spiro atoms. The van der Waals surface area contributed by atoms with Gasteiger partial charge in [0.25, 0.3) is 5.91 Å². The van der Waals surface area contributed by atoms with E-state index in [1.807, 2.05) is 11.4 Å². The van der Waals surface area contributed by atoms with E-state index in [1.165, 1.54) is 29.0 Å². The second kappa shape index (κ2) is 10.4. The highest BCUT2D eigenvalue weighted by molar-refractivity contribution is 7.09. The van der Waals surface area contributed by atoms with Crippen molar-refractivity contribution in [3.05, 3.63) is 57.8 Å². The normalized spacial score (nSPS) is 17.8. The summed E-state index contributed by atoms with van der Waals surface area (Å²) in [5, 5.41) is 2.04. The molecule has 1 aromatic heterocycles.